The lowest BCUT2D eigenvalue weighted by molar-refractivity contribution is -0.138. The molecule has 0 aliphatic carbocycles. The van der Waals surface area contributed by atoms with Gasteiger partial charge in [0.2, 0.25) is 0 Å². The maximum absolute atomic E-state index is 13.3. The van der Waals surface area contributed by atoms with Gasteiger partial charge >= 0.3 is 5.97 Å². The number of hydrogen-bond acceptors (Lipinski definition) is 3. The molecule has 0 spiro atoms. The third-order valence-electron chi connectivity index (χ3n) is 2.60. The topological polar surface area (TPSA) is 66.6 Å². The molecule has 0 saturated heterocycles. The number of benzene rings is 1. The van der Waals surface area contributed by atoms with Crippen LogP contribution in [0.1, 0.15) is 5.56 Å². The molecule has 6 heteroatoms. The number of rotatable bonds is 6. The molecule has 0 heterocycles. The summed E-state index contributed by atoms with van der Waals surface area (Å²) in [5.74, 6) is -2.28. The maximum atomic E-state index is 13.3. The van der Waals surface area contributed by atoms with Gasteiger partial charge in [0, 0.05) is 19.2 Å². The van der Waals surface area contributed by atoms with Gasteiger partial charge in [-0.05, 0) is 25.1 Å². The summed E-state index contributed by atoms with van der Waals surface area (Å²) in [7, 11) is 1.70. The average Bonchev–Trinajstić information content (AvgIpc) is 2.27. The van der Waals surface area contributed by atoms with Gasteiger partial charge in [-0.3, -0.25) is 4.79 Å². The molecule has 18 heavy (non-hydrogen) atoms. The molecule has 0 aromatic heterocycles. The van der Waals surface area contributed by atoms with E-state index in [2.05, 4.69) is 0 Å². The van der Waals surface area contributed by atoms with Gasteiger partial charge in [-0.25, -0.2) is 8.78 Å². The van der Waals surface area contributed by atoms with Crippen molar-refractivity contribution in [3.63, 3.8) is 0 Å². The Morgan fingerprint density at radius 3 is 2.72 bits per heavy atom. The van der Waals surface area contributed by atoms with E-state index in [0.717, 1.165) is 6.07 Å². The molecule has 1 aromatic carbocycles. The molecular formula is C12H16F2N2O2. The fourth-order valence-corrected chi connectivity index (χ4v) is 1.54. The van der Waals surface area contributed by atoms with Crippen molar-refractivity contribution in [2.24, 2.45) is 5.73 Å². The van der Waals surface area contributed by atoms with Crippen LogP contribution in [0.3, 0.4) is 0 Å². The predicted octanol–water partition coefficient (Wildman–Crippen LogP) is 0.851. The third kappa shape index (κ3) is 4.38. The first-order chi connectivity index (χ1) is 8.40. The van der Waals surface area contributed by atoms with Crippen LogP contribution in [-0.2, 0) is 11.2 Å². The zero-order valence-corrected chi connectivity index (χ0v) is 10.1. The van der Waals surface area contributed by atoms with Crippen LogP contribution in [0.5, 0.6) is 0 Å². The molecule has 1 aromatic rings. The van der Waals surface area contributed by atoms with Crippen LogP contribution in [0.2, 0.25) is 0 Å². The second kappa shape index (κ2) is 6.42. The molecular weight excluding hydrogens is 242 g/mol. The largest absolute Gasteiger partial charge is 0.480 e. The lowest BCUT2D eigenvalue weighted by Gasteiger charge is -2.18. The molecule has 1 rings (SSSR count). The monoisotopic (exact) mass is 258 g/mol. The molecule has 1 atom stereocenters. The second-order valence-corrected chi connectivity index (χ2v) is 4.19. The normalized spacial score (nSPS) is 12.7. The van der Waals surface area contributed by atoms with Crippen LogP contribution in [-0.4, -0.2) is 42.2 Å². The Bertz CT molecular complexity index is 427. The van der Waals surface area contributed by atoms with Crippen molar-refractivity contribution in [2.45, 2.75) is 12.5 Å². The zero-order chi connectivity index (χ0) is 13.7. The Hall–Kier alpha value is -1.53. The van der Waals surface area contributed by atoms with Crippen LogP contribution >= 0.6 is 0 Å². The number of hydrogen-bond donors (Lipinski definition) is 2. The van der Waals surface area contributed by atoms with Gasteiger partial charge < -0.3 is 15.7 Å². The molecule has 0 saturated carbocycles. The summed E-state index contributed by atoms with van der Waals surface area (Å²) in [6.07, 6.45) is 0.370. The minimum absolute atomic E-state index is 0.179. The lowest BCUT2D eigenvalue weighted by atomic mass is 10.1. The fraction of sp³-hybridized carbons (Fsp3) is 0.417. The highest BCUT2D eigenvalue weighted by Crippen LogP contribution is 2.10. The Morgan fingerprint density at radius 2 is 2.17 bits per heavy atom. The molecule has 0 fully saturated rings. The van der Waals surface area contributed by atoms with E-state index in [-0.39, 0.29) is 6.54 Å². The van der Waals surface area contributed by atoms with Gasteiger partial charge in [0.15, 0.2) is 0 Å². The van der Waals surface area contributed by atoms with Crippen molar-refractivity contribution in [2.75, 3.05) is 20.1 Å². The SMILES string of the molecule is CN(CCc1ccc(F)cc1F)CC(N)C(=O)O. The van der Waals surface area contributed by atoms with Crippen LogP contribution in [0.25, 0.3) is 0 Å². The van der Waals surface area contributed by atoms with E-state index in [0.29, 0.717) is 18.5 Å². The first-order valence-corrected chi connectivity index (χ1v) is 5.51. The van der Waals surface area contributed by atoms with Crippen LogP contribution in [0.4, 0.5) is 8.78 Å². The van der Waals surface area contributed by atoms with Gasteiger partial charge in [0.05, 0.1) is 0 Å². The Balaban J connectivity index is 2.47. The summed E-state index contributed by atoms with van der Waals surface area (Å²) in [4.78, 5) is 12.2. The first kappa shape index (κ1) is 14.5. The van der Waals surface area contributed by atoms with E-state index in [1.807, 2.05) is 0 Å². The van der Waals surface area contributed by atoms with Crippen LogP contribution in [0, 0.1) is 11.6 Å². The lowest BCUT2D eigenvalue weighted by Crippen LogP contribution is -2.41. The quantitative estimate of drug-likeness (QED) is 0.794. The summed E-state index contributed by atoms with van der Waals surface area (Å²) < 4.78 is 26.0. The van der Waals surface area contributed by atoms with Gasteiger partial charge in [0.1, 0.15) is 17.7 Å². The van der Waals surface area contributed by atoms with E-state index >= 15 is 0 Å². The Labute approximate surface area is 104 Å². The summed E-state index contributed by atoms with van der Waals surface area (Å²) in [6, 6.07) is 2.45. The molecule has 0 amide bonds. The minimum Gasteiger partial charge on any atom is -0.480 e. The van der Waals surface area contributed by atoms with E-state index in [1.54, 1.807) is 11.9 Å². The molecule has 4 nitrogen and oxygen atoms in total. The van der Waals surface area contributed by atoms with E-state index in [1.165, 1.54) is 12.1 Å². The first-order valence-electron chi connectivity index (χ1n) is 5.51. The van der Waals surface area contributed by atoms with Crippen molar-refractivity contribution in [3.05, 3.63) is 35.4 Å². The van der Waals surface area contributed by atoms with Crippen LogP contribution < -0.4 is 5.73 Å². The number of carboxylic acid groups (broad SMARTS) is 1. The van der Waals surface area contributed by atoms with Gasteiger partial charge in [-0.1, -0.05) is 6.07 Å². The van der Waals surface area contributed by atoms with Crippen molar-refractivity contribution in [1.82, 2.24) is 4.90 Å². The summed E-state index contributed by atoms with van der Waals surface area (Å²) in [5.41, 5.74) is 5.77. The number of halogens is 2. The third-order valence-corrected chi connectivity index (χ3v) is 2.60. The van der Waals surface area contributed by atoms with Crippen molar-refractivity contribution >= 4 is 5.97 Å². The van der Waals surface area contributed by atoms with E-state index < -0.39 is 23.6 Å². The zero-order valence-electron chi connectivity index (χ0n) is 10.1. The number of aliphatic carboxylic acids is 1. The number of carboxylic acids is 1. The van der Waals surface area contributed by atoms with Gasteiger partial charge in [0.25, 0.3) is 0 Å². The Morgan fingerprint density at radius 1 is 1.50 bits per heavy atom. The van der Waals surface area contributed by atoms with Gasteiger partial charge in [-0.15, -0.1) is 0 Å². The molecule has 100 valence electrons. The highest BCUT2D eigenvalue weighted by Gasteiger charge is 2.14. The standard InChI is InChI=1S/C12H16F2N2O2/c1-16(7-11(15)12(17)18)5-4-8-2-3-9(13)6-10(8)14/h2-3,6,11H,4-5,7,15H2,1H3,(H,17,18). The highest BCUT2D eigenvalue weighted by molar-refractivity contribution is 5.73. The number of likely N-dealkylation sites (N-methyl/N-ethyl adjacent to an activating group) is 1. The highest BCUT2D eigenvalue weighted by atomic mass is 19.1. The van der Waals surface area contributed by atoms with Crippen molar-refractivity contribution < 1.29 is 18.7 Å². The summed E-state index contributed by atoms with van der Waals surface area (Å²) in [6.45, 7) is 0.627. The number of carbonyl (C=O) groups is 1. The predicted molar refractivity (Wildman–Crippen MR) is 63.2 cm³/mol. The average molecular weight is 258 g/mol. The molecule has 0 aliphatic heterocycles. The number of nitrogens with two attached hydrogens (primary N) is 1. The maximum Gasteiger partial charge on any atom is 0.321 e. The minimum atomic E-state index is -1.07. The van der Waals surface area contributed by atoms with Crippen molar-refractivity contribution in [1.29, 1.82) is 0 Å². The van der Waals surface area contributed by atoms with Crippen molar-refractivity contribution in [3.8, 4) is 0 Å². The molecule has 0 aliphatic rings. The van der Waals surface area contributed by atoms with Gasteiger partial charge in [-0.2, -0.15) is 0 Å². The second-order valence-electron chi connectivity index (χ2n) is 4.19. The fourth-order valence-electron chi connectivity index (χ4n) is 1.54. The Kier molecular flexibility index (Phi) is 5.18. The smallest absolute Gasteiger partial charge is 0.321 e. The molecule has 0 radical (unpaired) electrons. The summed E-state index contributed by atoms with van der Waals surface area (Å²) in [5, 5.41) is 8.64. The molecule has 3 N–H and O–H groups in total. The van der Waals surface area contributed by atoms with E-state index in [4.69, 9.17) is 10.8 Å². The summed E-state index contributed by atoms with van der Waals surface area (Å²) >= 11 is 0. The molecule has 1 unspecified atom stereocenters. The number of nitrogens with zero attached hydrogens (tertiary/aromatic N) is 1. The van der Waals surface area contributed by atoms with Crippen LogP contribution in [0.15, 0.2) is 18.2 Å². The molecule has 0 bridgehead atoms. The van der Waals surface area contributed by atoms with E-state index in [9.17, 15) is 13.6 Å².